The van der Waals surface area contributed by atoms with Crippen molar-refractivity contribution in [2.75, 3.05) is 19.7 Å². The van der Waals surface area contributed by atoms with Crippen molar-refractivity contribution in [2.24, 2.45) is 0 Å². The number of hydrogen-bond donors (Lipinski definition) is 1. The first-order chi connectivity index (χ1) is 8.33. The molecule has 17 heavy (non-hydrogen) atoms. The highest BCUT2D eigenvalue weighted by Gasteiger charge is 2.23. The molecule has 0 saturated carbocycles. The number of hydrogen-bond acceptors (Lipinski definition) is 3. The molecule has 1 aliphatic heterocycles. The Kier molecular flexibility index (Phi) is 5.01. The van der Waals surface area contributed by atoms with Crippen LogP contribution in [0, 0.1) is 0 Å². The van der Waals surface area contributed by atoms with Crippen LogP contribution < -0.4 is 0 Å². The molecule has 1 atom stereocenters. The SMILES string of the molecule is CC1c2ccsc2CCN1CCCCCCO. The van der Waals surface area contributed by atoms with E-state index in [1.807, 2.05) is 11.3 Å². The number of aliphatic hydroxyl groups excluding tert-OH is 1. The lowest BCUT2D eigenvalue weighted by atomic mass is 10.0. The van der Waals surface area contributed by atoms with Crippen LogP contribution in [0.15, 0.2) is 11.4 Å². The van der Waals surface area contributed by atoms with Crippen molar-refractivity contribution in [3.8, 4) is 0 Å². The minimum atomic E-state index is 0.346. The van der Waals surface area contributed by atoms with E-state index in [1.54, 1.807) is 10.4 Å². The molecule has 0 amide bonds. The highest BCUT2D eigenvalue weighted by molar-refractivity contribution is 7.10. The van der Waals surface area contributed by atoms with Gasteiger partial charge in [-0.05, 0) is 49.7 Å². The van der Waals surface area contributed by atoms with Crippen molar-refractivity contribution in [1.82, 2.24) is 4.90 Å². The molecule has 1 N–H and O–H groups in total. The van der Waals surface area contributed by atoms with Crippen LogP contribution in [-0.4, -0.2) is 29.7 Å². The van der Waals surface area contributed by atoms with Crippen LogP contribution in [0.4, 0.5) is 0 Å². The molecule has 0 saturated heterocycles. The maximum atomic E-state index is 8.73. The third-order valence-electron chi connectivity index (χ3n) is 3.76. The first-order valence-electron chi connectivity index (χ1n) is 6.74. The Morgan fingerprint density at radius 1 is 1.35 bits per heavy atom. The van der Waals surface area contributed by atoms with Gasteiger partial charge in [-0.3, -0.25) is 4.90 Å². The van der Waals surface area contributed by atoms with Gasteiger partial charge in [0.1, 0.15) is 0 Å². The van der Waals surface area contributed by atoms with E-state index in [4.69, 9.17) is 5.11 Å². The Hall–Kier alpha value is -0.380. The Bertz CT molecular complexity index is 337. The van der Waals surface area contributed by atoms with Gasteiger partial charge in [-0.15, -0.1) is 11.3 Å². The molecule has 1 aromatic rings. The van der Waals surface area contributed by atoms with Gasteiger partial charge in [0.2, 0.25) is 0 Å². The van der Waals surface area contributed by atoms with Crippen molar-refractivity contribution in [3.05, 3.63) is 21.9 Å². The quantitative estimate of drug-likeness (QED) is 0.787. The molecule has 0 aliphatic carbocycles. The average molecular weight is 253 g/mol. The lowest BCUT2D eigenvalue weighted by Crippen LogP contribution is -2.33. The lowest BCUT2D eigenvalue weighted by Gasteiger charge is -2.33. The number of aliphatic hydroxyl groups is 1. The Morgan fingerprint density at radius 3 is 3.00 bits per heavy atom. The monoisotopic (exact) mass is 253 g/mol. The largest absolute Gasteiger partial charge is 0.396 e. The first kappa shape index (κ1) is 13.1. The predicted octanol–water partition coefficient (Wildman–Crippen LogP) is 3.22. The minimum Gasteiger partial charge on any atom is -0.396 e. The zero-order valence-electron chi connectivity index (χ0n) is 10.7. The lowest BCUT2D eigenvalue weighted by molar-refractivity contribution is 0.195. The van der Waals surface area contributed by atoms with E-state index in [0.717, 1.165) is 6.42 Å². The summed E-state index contributed by atoms with van der Waals surface area (Å²) in [6.45, 7) is 5.10. The van der Waals surface area contributed by atoms with Crippen LogP contribution in [0.5, 0.6) is 0 Å². The molecule has 3 heteroatoms. The molecule has 0 bridgehead atoms. The van der Waals surface area contributed by atoms with Crippen LogP contribution in [0.3, 0.4) is 0 Å². The Balaban J connectivity index is 1.76. The molecule has 0 spiro atoms. The van der Waals surface area contributed by atoms with E-state index in [2.05, 4.69) is 23.3 Å². The van der Waals surface area contributed by atoms with Gasteiger partial charge in [0.15, 0.2) is 0 Å². The zero-order chi connectivity index (χ0) is 12.1. The molecule has 1 unspecified atom stereocenters. The summed E-state index contributed by atoms with van der Waals surface area (Å²) in [5.41, 5.74) is 1.55. The van der Waals surface area contributed by atoms with E-state index < -0.39 is 0 Å². The maximum Gasteiger partial charge on any atom is 0.0431 e. The third-order valence-corrected chi connectivity index (χ3v) is 4.75. The van der Waals surface area contributed by atoms with Gasteiger partial charge >= 0.3 is 0 Å². The van der Waals surface area contributed by atoms with Gasteiger partial charge < -0.3 is 5.11 Å². The second kappa shape index (κ2) is 6.53. The van der Waals surface area contributed by atoms with Crippen molar-refractivity contribution in [3.63, 3.8) is 0 Å². The Labute approximate surface area is 108 Å². The highest BCUT2D eigenvalue weighted by Crippen LogP contribution is 2.32. The molecule has 96 valence electrons. The molecule has 2 rings (SSSR count). The number of thiophene rings is 1. The molecule has 0 radical (unpaired) electrons. The Morgan fingerprint density at radius 2 is 2.18 bits per heavy atom. The summed E-state index contributed by atoms with van der Waals surface area (Å²) < 4.78 is 0. The van der Waals surface area contributed by atoms with Gasteiger partial charge in [-0.25, -0.2) is 0 Å². The number of nitrogens with zero attached hydrogens (tertiary/aromatic N) is 1. The normalized spacial score (nSPS) is 20.5. The molecule has 1 aromatic heterocycles. The summed E-state index contributed by atoms with van der Waals surface area (Å²) in [5.74, 6) is 0. The maximum absolute atomic E-state index is 8.73. The molecule has 0 aromatic carbocycles. The predicted molar refractivity (Wildman–Crippen MR) is 73.6 cm³/mol. The summed E-state index contributed by atoms with van der Waals surface area (Å²) in [4.78, 5) is 4.20. The summed E-state index contributed by atoms with van der Waals surface area (Å²) in [5, 5.41) is 11.0. The van der Waals surface area contributed by atoms with Gasteiger partial charge in [0.25, 0.3) is 0 Å². The topological polar surface area (TPSA) is 23.5 Å². The number of rotatable bonds is 6. The molecular formula is C14H23NOS. The van der Waals surface area contributed by atoms with Gasteiger partial charge in [-0.2, -0.15) is 0 Å². The highest BCUT2D eigenvalue weighted by atomic mass is 32.1. The number of fused-ring (bicyclic) bond motifs is 1. The van der Waals surface area contributed by atoms with Crippen LogP contribution in [0.2, 0.25) is 0 Å². The van der Waals surface area contributed by atoms with Crippen molar-refractivity contribution in [2.45, 2.75) is 45.1 Å². The van der Waals surface area contributed by atoms with E-state index in [9.17, 15) is 0 Å². The smallest absolute Gasteiger partial charge is 0.0431 e. The van der Waals surface area contributed by atoms with Gasteiger partial charge in [0, 0.05) is 24.1 Å². The molecule has 2 heterocycles. The van der Waals surface area contributed by atoms with Gasteiger partial charge in [-0.1, -0.05) is 12.8 Å². The average Bonchev–Trinajstić information content (AvgIpc) is 2.80. The standard InChI is InChI=1S/C14H23NOS/c1-12-13-7-11-17-14(13)6-9-15(12)8-4-2-3-5-10-16/h7,11-12,16H,2-6,8-10H2,1H3. The molecule has 2 nitrogen and oxygen atoms in total. The molecular weight excluding hydrogens is 230 g/mol. The van der Waals surface area contributed by atoms with Crippen LogP contribution >= 0.6 is 11.3 Å². The third kappa shape index (κ3) is 3.30. The van der Waals surface area contributed by atoms with Crippen LogP contribution in [0.1, 0.15) is 49.1 Å². The van der Waals surface area contributed by atoms with Crippen molar-refractivity contribution < 1.29 is 5.11 Å². The van der Waals surface area contributed by atoms with E-state index in [-0.39, 0.29) is 0 Å². The van der Waals surface area contributed by atoms with E-state index in [0.29, 0.717) is 12.6 Å². The fourth-order valence-electron chi connectivity index (χ4n) is 2.65. The molecule has 1 aliphatic rings. The first-order valence-corrected chi connectivity index (χ1v) is 7.62. The van der Waals surface area contributed by atoms with E-state index >= 15 is 0 Å². The van der Waals surface area contributed by atoms with Crippen molar-refractivity contribution in [1.29, 1.82) is 0 Å². The zero-order valence-corrected chi connectivity index (χ0v) is 11.5. The summed E-state index contributed by atoms with van der Waals surface area (Å²) >= 11 is 1.91. The van der Waals surface area contributed by atoms with E-state index in [1.165, 1.54) is 38.8 Å². The number of unbranched alkanes of at least 4 members (excludes halogenated alkanes) is 3. The van der Waals surface area contributed by atoms with Gasteiger partial charge in [0.05, 0.1) is 0 Å². The second-order valence-electron chi connectivity index (χ2n) is 4.90. The molecule has 0 fully saturated rings. The second-order valence-corrected chi connectivity index (χ2v) is 5.90. The minimum absolute atomic E-state index is 0.346. The summed E-state index contributed by atoms with van der Waals surface area (Å²) in [7, 11) is 0. The van der Waals surface area contributed by atoms with Crippen LogP contribution in [-0.2, 0) is 6.42 Å². The van der Waals surface area contributed by atoms with Crippen LogP contribution in [0.25, 0.3) is 0 Å². The summed E-state index contributed by atoms with van der Waals surface area (Å²) in [6, 6.07) is 2.89. The van der Waals surface area contributed by atoms with Crippen molar-refractivity contribution >= 4 is 11.3 Å². The summed E-state index contributed by atoms with van der Waals surface area (Å²) in [6.07, 6.45) is 5.88. The fraction of sp³-hybridized carbons (Fsp3) is 0.714. The fourth-order valence-corrected chi connectivity index (χ4v) is 3.61.